The molecule has 164 valence electrons. The highest BCUT2D eigenvalue weighted by Gasteiger charge is 2.20. The third kappa shape index (κ3) is 4.31. The molecule has 0 aliphatic carbocycles. The van der Waals surface area contributed by atoms with Gasteiger partial charge in [-0.15, -0.1) is 5.10 Å². The molecule has 0 radical (unpaired) electrons. The Bertz CT molecular complexity index is 1600. The minimum atomic E-state index is -4.24. The Morgan fingerprint density at radius 3 is 2.70 bits per heavy atom. The SMILES string of the molecule is COc1n[nH]c2ncc(C#Cc3c(F)ccc(NS(=O)(=O)c4cccc(C#N)c4)c3F)cc12. The van der Waals surface area contributed by atoms with Crippen molar-refractivity contribution in [2.45, 2.75) is 4.90 Å². The molecule has 0 amide bonds. The van der Waals surface area contributed by atoms with Gasteiger partial charge in [0.2, 0.25) is 5.88 Å². The summed E-state index contributed by atoms with van der Waals surface area (Å²) in [5.41, 5.74) is -0.218. The van der Waals surface area contributed by atoms with Crippen LogP contribution in [0.3, 0.4) is 0 Å². The van der Waals surface area contributed by atoms with Gasteiger partial charge in [0.05, 0.1) is 40.3 Å². The molecule has 8 nitrogen and oxygen atoms in total. The summed E-state index contributed by atoms with van der Waals surface area (Å²) in [5, 5.41) is 16.1. The number of nitrogens with zero attached hydrogens (tertiary/aromatic N) is 3. The number of hydrogen-bond acceptors (Lipinski definition) is 6. The fraction of sp³-hybridized carbons (Fsp3) is 0.0455. The lowest BCUT2D eigenvalue weighted by molar-refractivity contribution is 0.401. The van der Waals surface area contributed by atoms with E-state index in [2.05, 4.69) is 31.7 Å². The molecule has 0 atom stereocenters. The van der Waals surface area contributed by atoms with Gasteiger partial charge in [0.25, 0.3) is 10.0 Å². The van der Waals surface area contributed by atoms with Crippen LogP contribution in [0.4, 0.5) is 14.5 Å². The Morgan fingerprint density at radius 2 is 1.94 bits per heavy atom. The number of benzene rings is 2. The summed E-state index contributed by atoms with van der Waals surface area (Å²) in [6.45, 7) is 0. The van der Waals surface area contributed by atoms with Crippen LogP contribution >= 0.6 is 0 Å². The second-order valence-electron chi connectivity index (χ2n) is 6.63. The van der Waals surface area contributed by atoms with E-state index in [-0.39, 0.29) is 16.3 Å². The molecule has 4 aromatic rings. The van der Waals surface area contributed by atoms with E-state index in [0.29, 0.717) is 16.6 Å². The van der Waals surface area contributed by atoms with E-state index >= 15 is 0 Å². The second kappa shape index (κ2) is 8.57. The van der Waals surface area contributed by atoms with Crippen LogP contribution in [0.1, 0.15) is 16.7 Å². The number of aromatic amines is 1. The van der Waals surface area contributed by atoms with Crippen molar-refractivity contribution >= 4 is 26.7 Å². The normalized spacial score (nSPS) is 10.8. The predicted octanol–water partition coefficient (Wildman–Crippen LogP) is 3.32. The number of fused-ring (bicyclic) bond motifs is 1. The minimum absolute atomic E-state index is 0.115. The number of anilines is 1. The Morgan fingerprint density at radius 1 is 1.12 bits per heavy atom. The Kier molecular flexibility index (Phi) is 5.65. The molecular weight excluding hydrogens is 452 g/mol. The van der Waals surface area contributed by atoms with Crippen LogP contribution in [0.2, 0.25) is 0 Å². The first-order chi connectivity index (χ1) is 15.8. The summed E-state index contributed by atoms with van der Waals surface area (Å²) in [4.78, 5) is 3.87. The van der Waals surface area contributed by atoms with E-state index in [1.807, 2.05) is 6.07 Å². The number of methoxy groups -OCH3 is 1. The number of ether oxygens (including phenoxy) is 1. The van der Waals surface area contributed by atoms with E-state index in [1.54, 1.807) is 6.07 Å². The topological polar surface area (TPSA) is 121 Å². The van der Waals surface area contributed by atoms with Gasteiger partial charge in [-0.25, -0.2) is 22.2 Å². The molecule has 0 aliphatic rings. The highest BCUT2D eigenvalue weighted by atomic mass is 32.2. The number of hydrogen-bond donors (Lipinski definition) is 2. The van der Waals surface area contributed by atoms with Gasteiger partial charge in [-0.05, 0) is 36.4 Å². The average Bonchev–Trinajstić information content (AvgIpc) is 3.23. The largest absolute Gasteiger partial charge is 0.479 e. The lowest BCUT2D eigenvalue weighted by atomic mass is 10.1. The van der Waals surface area contributed by atoms with Crippen molar-refractivity contribution in [1.29, 1.82) is 5.26 Å². The summed E-state index contributed by atoms with van der Waals surface area (Å²) >= 11 is 0. The molecule has 2 aromatic heterocycles. The highest BCUT2D eigenvalue weighted by molar-refractivity contribution is 7.92. The smallest absolute Gasteiger partial charge is 0.262 e. The lowest BCUT2D eigenvalue weighted by Gasteiger charge is -2.10. The summed E-state index contributed by atoms with van der Waals surface area (Å²) < 4.78 is 61.7. The molecule has 11 heteroatoms. The molecular formula is C22H13F2N5O3S. The highest BCUT2D eigenvalue weighted by Crippen LogP contribution is 2.25. The van der Waals surface area contributed by atoms with Crippen molar-refractivity contribution in [1.82, 2.24) is 15.2 Å². The third-order valence-corrected chi connectivity index (χ3v) is 5.88. The van der Waals surface area contributed by atoms with Crippen molar-refractivity contribution in [3.05, 3.63) is 77.0 Å². The van der Waals surface area contributed by atoms with Gasteiger partial charge in [0.1, 0.15) is 5.82 Å². The first-order valence-corrected chi connectivity index (χ1v) is 10.7. The van der Waals surface area contributed by atoms with Crippen molar-refractivity contribution in [2.24, 2.45) is 0 Å². The molecule has 0 fully saturated rings. The standard InChI is InChI=1S/C22H13F2N5O3S/c1-32-22-17-10-14(12-26-21(17)27-28-22)5-6-16-18(23)7-8-19(20(16)24)29-33(30,31)15-4-2-3-13(9-15)11-25/h2-4,7-10,12,29H,1H3,(H,26,27,28). The Hall–Kier alpha value is -4.48. The van der Waals surface area contributed by atoms with E-state index in [0.717, 1.165) is 18.2 Å². The van der Waals surface area contributed by atoms with Gasteiger partial charge < -0.3 is 4.74 Å². The molecule has 0 saturated carbocycles. The molecule has 0 spiro atoms. The van der Waals surface area contributed by atoms with E-state index in [1.165, 1.54) is 31.5 Å². The zero-order valence-corrected chi connectivity index (χ0v) is 17.7. The molecule has 33 heavy (non-hydrogen) atoms. The monoisotopic (exact) mass is 465 g/mol. The van der Waals surface area contributed by atoms with E-state index in [4.69, 9.17) is 10.00 Å². The third-order valence-electron chi connectivity index (χ3n) is 4.52. The fourth-order valence-corrected chi connectivity index (χ4v) is 4.03. The first-order valence-electron chi connectivity index (χ1n) is 9.23. The maximum atomic E-state index is 15.0. The molecule has 0 aliphatic heterocycles. The van der Waals surface area contributed by atoms with Crippen molar-refractivity contribution in [3.63, 3.8) is 0 Å². The van der Waals surface area contributed by atoms with Crippen LogP contribution in [0.15, 0.2) is 53.6 Å². The second-order valence-corrected chi connectivity index (χ2v) is 8.31. The van der Waals surface area contributed by atoms with Gasteiger partial charge in [0.15, 0.2) is 11.5 Å². The summed E-state index contributed by atoms with van der Waals surface area (Å²) in [6.07, 6.45) is 1.39. The number of rotatable bonds is 4. The van der Waals surface area contributed by atoms with Crippen LogP contribution < -0.4 is 9.46 Å². The number of aromatic nitrogens is 3. The minimum Gasteiger partial charge on any atom is -0.479 e. The van der Waals surface area contributed by atoms with Crippen LogP contribution in [-0.4, -0.2) is 30.7 Å². The zero-order chi connectivity index (χ0) is 23.6. The molecule has 2 aromatic carbocycles. The van der Waals surface area contributed by atoms with Crippen LogP contribution in [0.25, 0.3) is 11.0 Å². The molecule has 0 saturated heterocycles. The molecule has 2 N–H and O–H groups in total. The number of halogens is 2. The van der Waals surface area contributed by atoms with Gasteiger partial charge >= 0.3 is 0 Å². The number of nitrogens with one attached hydrogen (secondary N) is 2. The van der Waals surface area contributed by atoms with E-state index in [9.17, 15) is 17.2 Å². The predicted molar refractivity (Wildman–Crippen MR) is 115 cm³/mol. The molecule has 4 rings (SSSR count). The summed E-state index contributed by atoms with van der Waals surface area (Å²) in [6, 6.07) is 10.5. The lowest BCUT2D eigenvalue weighted by Crippen LogP contribution is -2.15. The van der Waals surface area contributed by atoms with E-state index < -0.39 is 32.9 Å². The number of H-pyrrole nitrogens is 1. The number of pyridine rings is 1. The van der Waals surface area contributed by atoms with Gasteiger partial charge in [-0.2, -0.15) is 5.26 Å². The van der Waals surface area contributed by atoms with Crippen LogP contribution in [-0.2, 0) is 10.0 Å². The maximum absolute atomic E-state index is 15.0. The van der Waals surface area contributed by atoms with Gasteiger partial charge in [-0.3, -0.25) is 9.82 Å². The fourth-order valence-electron chi connectivity index (χ4n) is 2.92. The first kappa shape index (κ1) is 21.7. The van der Waals surface area contributed by atoms with Gasteiger partial charge in [0, 0.05) is 11.8 Å². The van der Waals surface area contributed by atoms with Crippen molar-refractivity contribution < 1.29 is 21.9 Å². The van der Waals surface area contributed by atoms with Crippen LogP contribution in [0.5, 0.6) is 5.88 Å². The maximum Gasteiger partial charge on any atom is 0.262 e. The zero-order valence-electron chi connectivity index (χ0n) is 16.8. The van der Waals surface area contributed by atoms with Crippen molar-refractivity contribution in [2.75, 3.05) is 11.8 Å². The summed E-state index contributed by atoms with van der Waals surface area (Å²) in [7, 11) is -2.80. The van der Waals surface area contributed by atoms with Crippen LogP contribution in [0, 0.1) is 34.8 Å². The van der Waals surface area contributed by atoms with Gasteiger partial charge in [-0.1, -0.05) is 17.9 Å². The average molecular weight is 465 g/mol. The molecule has 0 bridgehead atoms. The quantitative estimate of drug-likeness (QED) is 0.446. The Labute approximate surface area is 186 Å². The van der Waals surface area contributed by atoms with Crippen molar-refractivity contribution in [3.8, 4) is 23.8 Å². The molecule has 2 heterocycles. The number of sulfonamides is 1. The Balaban J connectivity index is 1.69. The summed E-state index contributed by atoms with van der Waals surface area (Å²) in [5.74, 6) is 3.13. The number of nitriles is 1. The molecule has 0 unspecified atom stereocenters.